The first kappa shape index (κ1) is 19.2. The molecular weight excluding hydrogens is 360 g/mol. The topological polar surface area (TPSA) is 97.0 Å². The smallest absolute Gasteiger partial charge is 0.379 e. The summed E-state index contributed by atoms with van der Waals surface area (Å²) in [7, 11) is 0. The summed E-state index contributed by atoms with van der Waals surface area (Å²) in [5.74, 6) is -2.94. The molecule has 2 aromatic carbocycles. The van der Waals surface area contributed by atoms with Gasteiger partial charge in [-0.3, -0.25) is 4.79 Å². The highest BCUT2D eigenvalue weighted by atomic mass is 16.6. The Bertz CT molecular complexity index is 971. The fraction of sp³-hybridized carbons (Fsp3) is 0.182. The summed E-state index contributed by atoms with van der Waals surface area (Å²) in [6.45, 7) is 2.11. The van der Waals surface area contributed by atoms with Gasteiger partial charge >= 0.3 is 5.97 Å². The van der Waals surface area contributed by atoms with Crippen LogP contribution in [0.1, 0.15) is 51.8 Å². The first-order chi connectivity index (χ1) is 13.5. The zero-order valence-corrected chi connectivity index (χ0v) is 15.3. The number of benzene rings is 2. The summed E-state index contributed by atoms with van der Waals surface area (Å²) in [4.78, 5) is 24.6. The molecule has 1 aromatic heterocycles. The Kier molecular flexibility index (Phi) is 5.79. The van der Waals surface area contributed by atoms with Crippen LogP contribution in [0.5, 0.6) is 17.2 Å². The van der Waals surface area contributed by atoms with Gasteiger partial charge in [0, 0.05) is 5.56 Å². The average molecular weight is 380 g/mol. The van der Waals surface area contributed by atoms with Gasteiger partial charge in [-0.05, 0) is 42.7 Å². The van der Waals surface area contributed by atoms with E-state index < -0.39 is 23.3 Å². The number of esters is 1. The van der Waals surface area contributed by atoms with Gasteiger partial charge in [-0.1, -0.05) is 37.6 Å². The SMILES string of the molecule is CCCCc1ccc(C(=O)c2ccc(OC(=O)c3ccco3)c(O)c2O)cc1. The molecule has 3 aromatic rings. The van der Waals surface area contributed by atoms with E-state index in [1.54, 1.807) is 12.1 Å². The zero-order valence-electron chi connectivity index (χ0n) is 15.3. The molecule has 2 N–H and O–H groups in total. The fourth-order valence-corrected chi connectivity index (χ4v) is 2.73. The van der Waals surface area contributed by atoms with E-state index in [9.17, 15) is 19.8 Å². The Morgan fingerprint density at radius 3 is 2.39 bits per heavy atom. The molecule has 0 atom stereocenters. The second-order valence-electron chi connectivity index (χ2n) is 6.30. The van der Waals surface area contributed by atoms with Crippen LogP contribution in [0.3, 0.4) is 0 Å². The van der Waals surface area contributed by atoms with Crippen LogP contribution >= 0.6 is 0 Å². The van der Waals surface area contributed by atoms with Crippen molar-refractivity contribution in [3.63, 3.8) is 0 Å². The highest BCUT2D eigenvalue weighted by molar-refractivity contribution is 6.11. The minimum atomic E-state index is -0.832. The van der Waals surface area contributed by atoms with Crippen LogP contribution in [-0.2, 0) is 6.42 Å². The molecular formula is C22H20O6. The van der Waals surface area contributed by atoms with Crippen molar-refractivity contribution in [1.82, 2.24) is 0 Å². The predicted molar refractivity (Wildman–Crippen MR) is 102 cm³/mol. The van der Waals surface area contributed by atoms with Gasteiger partial charge in [0.2, 0.25) is 11.5 Å². The number of aryl methyl sites for hydroxylation is 1. The van der Waals surface area contributed by atoms with Crippen LogP contribution in [0.2, 0.25) is 0 Å². The molecule has 0 bridgehead atoms. The van der Waals surface area contributed by atoms with Crippen molar-refractivity contribution in [2.45, 2.75) is 26.2 Å². The number of aromatic hydroxyl groups is 2. The van der Waals surface area contributed by atoms with E-state index in [0.29, 0.717) is 5.56 Å². The summed E-state index contributed by atoms with van der Waals surface area (Å²) in [6.07, 6.45) is 4.40. The lowest BCUT2D eigenvalue weighted by Gasteiger charge is -2.10. The van der Waals surface area contributed by atoms with Crippen LogP contribution in [0, 0.1) is 0 Å². The van der Waals surface area contributed by atoms with E-state index in [1.165, 1.54) is 30.5 Å². The van der Waals surface area contributed by atoms with Crippen LogP contribution < -0.4 is 4.74 Å². The van der Waals surface area contributed by atoms with Crippen molar-refractivity contribution in [1.29, 1.82) is 0 Å². The van der Waals surface area contributed by atoms with Crippen molar-refractivity contribution in [3.05, 3.63) is 77.2 Å². The fourth-order valence-electron chi connectivity index (χ4n) is 2.73. The molecule has 0 aliphatic rings. The molecule has 0 unspecified atom stereocenters. The van der Waals surface area contributed by atoms with Crippen molar-refractivity contribution in [2.75, 3.05) is 0 Å². The Hall–Kier alpha value is -3.54. The Morgan fingerprint density at radius 1 is 1.00 bits per heavy atom. The molecule has 0 spiro atoms. The van der Waals surface area contributed by atoms with Gasteiger partial charge < -0.3 is 19.4 Å². The molecule has 144 valence electrons. The molecule has 28 heavy (non-hydrogen) atoms. The first-order valence-corrected chi connectivity index (χ1v) is 8.95. The normalized spacial score (nSPS) is 10.6. The van der Waals surface area contributed by atoms with Crippen molar-refractivity contribution in [2.24, 2.45) is 0 Å². The monoisotopic (exact) mass is 380 g/mol. The van der Waals surface area contributed by atoms with E-state index in [1.807, 2.05) is 12.1 Å². The molecule has 0 saturated heterocycles. The number of carbonyl (C=O) groups excluding carboxylic acids is 2. The van der Waals surface area contributed by atoms with E-state index >= 15 is 0 Å². The first-order valence-electron chi connectivity index (χ1n) is 8.95. The molecule has 0 aliphatic carbocycles. The maximum Gasteiger partial charge on any atom is 0.379 e. The maximum absolute atomic E-state index is 12.7. The minimum absolute atomic E-state index is 0.0535. The Balaban J connectivity index is 1.80. The standard InChI is InChI=1S/C22H20O6/c1-2-3-5-14-7-9-15(10-8-14)19(23)16-11-12-17(21(25)20(16)24)28-22(26)18-6-4-13-27-18/h4,6-13,24-25H,2-3,5H2,1H3. The molecule has 0 aliphatic heterocycles. The summed E-state index contributed by atoms with van der Waals surface area (Å²) in [6, 6.07) is 12.6. The summed E-state index contributed by atoms with van der Waals surface area (Å²) in [5.41, 5.74) is 1.43. The van der Waals surface area contributed by atoms with Crippen molar-refractivity contribution in [3.8, 4) is 17.2 Å². The van der Waals surface area contributed by atoms with E-state index in [0.717, 1.165) is 24.8 Å². The molecule has 0 fully saturated rings. The van der Waals surface area contributed by atoms with Crippen LogP contribution in [-0.4, -0.2) is 22.0 Å². The lowest BCUT2D eigenvalue weighted by atomic mass is 9.99. The van der Waals surface area contributed by atoms with Gasteiger partial charge in [0.15, 0.2) is 17.3 Å². The number of phenolic OH excluding ortho intramolecular Hbond substituents is 2. The van der Waals surface area contributed by atoms with Crippen LogP contribution in [0.4, 0.5) is 0 Å². The number of rotatable bonds is 7. The van der Waals surface area contributed by atoms with E-state index in [2.05, 4.69) is 6.92 Å². The van der Waals surface area contributed by atoms with Gasteiger partial charge in [-0.15, -0.1) is 0 Å². The lowest BCUT2D eigenvalue weighted by Crippen LogP contribution is -2.08. The zero-order chi connectivity index (χ0) is 20.1. The van der Waals surface area contributed by atoms with Gasteiger partial charge in [0.1, 0.15) is 0 Å². The maximum atomic E-state index is 12.7. The number of hydrogen-bond donors (Lipinski definition) is 2. The summed E-state index contributed by atoms with van der Waals surface area (Å²) >= 11 is 0. The number of carbonyl (C=O) groups is 2. The van der Waals surface area contributed by atoms with E-state index in [4.69, 9.17) is 9.15 Å². The van der Waals surface area contributed by atoms with Gasteiger partial charge in [0.05, 0.1) is 11.8 Å². The Labute approximate surface area is 162 Å². The second-order valence-corrected chi connectivity index (χ2v) is 6.30. The van der Waals surface area contributed by atoms with Crippen LogP contribution in [0.15, 0.2) is 59.2 Å². The molecule has 6 heteroatoms. The van der Waals surface area contributed by atoms with Gasteiger partial charge in [-0.2, -0.15) is 0 Å². The van der Waals surface area contributed by atoms with Gasteiger partial charge in [0.25, 0.3) is 0 Å². The second kappa shape index (κ2) is 8.43. The van der Waals surface area contributed by atoms with E-state index in [-0.39, 0.29) is 17.1 Å². The number of ether oxygens (including phenoxy) is 1. The van der Waals surface area contributed by atoms with Gasteiger partial charge in [-0.25, -0.2) is 4.79 Å². The molecule has 0 radical (unpaired) electrons. The largest absolute Gasteiger partial charge is 0.504 e. The summed E-state index contributed by atoms with van der Waals surface area (Å²) in [5, 5.41) is 20.4. The predicted octanol–water partition coefficient (Wildman–Crippen LogP) is 4.48. The number of furan rings is 1. The highest BCUT2D eigenvalue weighted by Crippen LogP contribution is 2.39. The number of hydrogen-bond acceptors (Lipinski definition) is 6. The average Bonchev–Trinajstić information content (AvgIpc) is 3.25. The quantitative estimate of drug-likeness (QED) is 0.271. The molecule has 0 saturated carbocycles. The minimum Gasteiger partial charge on any atom is -0.504 e. The third-order valence-electron chi connectivity index (χ3n) is 4.32. The molecule has 0 amide bonds. The molecule has 6 nitrogen and oxygen atoms in total. The highest BCUT2D eigenvalue weighted by Gasteiger charge is 2.22. The van der Waals surface area contributed by atoms with Crippen LogP contribution in [0.25, 0.3) is 0 Å². The third kappa shape index (κ3) is 4.06. The number of phenols is 2. The molecule has 3 rings (SSSR count). The summed E-state index contributed by atoms with van der Waals surface area (Å²) < 4.78 is 9.93. The number of unbranched alkanes of at least 4 members (excludes halogenated alkanes) is 1. The number of ketones is 1. The third-order valence-corrected chi connectivity index (χ3v) is 4.32. The Morgan fingerprint density at radius 2 is 1.75 bits per heavy atom. The lowest BCUT2D eigenvalue weighted by molar-refractivity contribution is 0.0696. The van der Waals surface area contributed by atoms with Crippen molar-refractivity contribution < 1.29 is 29.0 Å². The molecule has 1 heterocycles. The van der Waals surface area contributed by atoms with Crippen molar-refractivity contribution >= 4 is 11.8 Å².